The number of carbonyl (C=O) groups is 1. The van der Waals surface area contributed by atoms with Crippen LogP contribution in [0.15, 0.2) is 24.3 Å². The first kappa shape index (κ1) is 17.4. The average molecular weight is 352 g/mol. The van der Waals surface area contributed by atoms with Crippen molar-refractivity contribution in [1.29, 1.82) is 0 Å². The Morgan fingerprint density at radius 3 is 2.50 bits per heavy atom. The van der Waals surface area contributed by atoms with Crippen LogP contribution in [0.4, 0.5) is 0 Å². The first-order valence-electron chi connectivity index (χ1n) is 8.27. The Labute approximate surface area is 143 Å². The molecule has 0 bridgehead atoms. The van der Waals surface area contributed by atoms with Gasteiger partial charge in [0.1, 0.15) is 0 Å². The maximum atomic E-state index is 12.5. The third-order valence-electron chi connectivity index (χ3n) is 5.03. The normalized spacial score (nSPS) is 23.2. The lowest BCUT2D eigenvalue weighted by Gasteiger charge is -2.39. The zero-order valence-corrected chi connectivity index (χ0v) is 15.2. The lowest BCUT2D eigenvalue weighted by atomic mass is 9.84. The standard InChI is InChI=1S/C17H24N2O4S/c1-4-24(21,22)19-11-9-17(10-12-19)14-8-6-5-7-13(14)15(23-17)16(20)18(2)3/h5-8,15H,4,9-12H2,1-3H3/t15-/m0/s1. The maximum absolute atomic E-state index is 12.5. The Balaban J connectivity index is 1.90. The quantitative estimate of drug-likeness (QED) is 0.827. The van der Waals surface area contributed by atoms with E-state index < -0.39 is 21.7 Å². The number of hydrogen-bond donors (Lipinski definition) is 0. The van der Waals surface area contributed by atoms with E-state index >= 15 is 0 Å². The van der Waals surface area contributed by atoms with Crippen LogP contribution in [-0.2, 0) is 25.2 Å². The second-order valence-electron chi connectivity index (χ2n) is 6.61. The van der Waals surface area contributed by atoms with Gasteiger partial charge in [-0.1, -0.05) is 24.3 Å². The van der Waals surface area contributed by atoms with E-state index in [0.717, 1.165) is 11.1 Å². The molecule has 0 aliphatic carbocycles. The minimum Gasteiger partial charge on any atom is -0.352 e. The van der Waals surface area contributed by atoms with Gasteiger partial charge in [-0.2, -0.15) is 0 Å². The summed E-state index contributed by atoms with van der Waals surface area (Å²) in [7, 11) is 0.250. The van der Waals surface area contributed by atoms with Crippen molar-refractivity contribution < 1.29 is 17.9 Å². The van der Waals surface area contributed by atoms with E-state index in [1.165, 1.54) is 9.21 Å². The zero-order valence-electron chi connectivity index (χ0n) is 14.4. The summed E-state index contributed by atoms with van der Waals surface area (Å²) in [5.74, 6) is 0.0297. The Bertz CT molecular complexity index is 737. The number of carbonyl (C=O) groups excluding carboxylic acids is 1. The molecular formula is C17H24N2O4S. The van der Waals surface area contributed by atoms with Crippen LogP contribution in [-0.4, -0.2) is 56.5 Å². The van der Waals surface area contributed by atoms with E-state index in [4.69, 9.17) is 4.74 Å². The number of amides is 1. The third-order valence-corrected chi connectivity index (χ3v) is 6.91. The Morgan fingerprint density at radius 2 is 1.92 bits per heavy atom. The summed E-state index contributed by atoms with van der Waals surface area (Å²) in [5.41, 5.74) is 1.37. The predicted molar refractivity (Wildman–Crippen MR) is 90.9 cm³/mol. The molecular weight excluding hydrogens is 328 g/mol. The molecule has 1 saturated heterocycles. The lowest BCUT2D eigenvalue weighted by molar-refractivity contribution is -0.156. The number of ether oxygens (including phenoxy) is 1. The fourth-order valence-electron chi connectivity index (χ4n) is 3.61. The van der Waals surface area contributed by atoms with Crippen LogP contribution in [0.5, 0.6) is 0 Å². The van der Waals surface area contributed by atoms with Gasteiger partial charge in [-0.3, -0.25) is 4.79 Å². The van der Waals surface area contributed by atoms with Gasteiger partial charge in [-0.25, -0.2) is 12.7 Å². The van der Waals surface area contributed by atoms with Crippen LogP contribution >= 0.6 is 0 Å². The fourth-order valence-corrected chi connectivity index (χ4v) is 4.71. The zero-order chi connectivity index (χ0) is 17.5. The Morgan fingerprint density at radius 1 is 1.29 bits per heavy atom. The average Bonchev–Trinajstić information content (AvgIpc) is 2.89. The molecule has 0 unspecified atom stereocenters. The molecule has 1 fully saturated rings. The highest BCUT2D eigenvalue weighted by Gasteiger charge is 2.49. The van der Waals surface area contributed by atoms with Crippen LogP contribution < -0.4 is 0 Å². The van der Waals surface area contributed by atoms with Gasteiger partial charge in [0, 0.05) is 27.2 Å². The molecule has 1 atom stereocenters. The number of rotatable bonds is 3. The van der Waals surface area contributed by atoms with Gasteiger partial charge in [0.15, 0.2) is 6.10 Å². The molecule has 1 amide bonds. The second kappa shape index (κ2) is 6.13. The fraction of sp³-hybridized carbons (Fsp3) is 0.588. The molecule has 6 nitrogen and oxygen atoms in total. The molecule has 7 heteroatoms. The molecule has 24 heavy (non-hydrogen) atoms. The first-order valence-corrected chi connectivity index (χ1v) is 9.88. The summed E-state index contributed by atoms with van der Waals surface area (Å²) in [6.45, 7) is 2.51. The van der Waals surface area contributed by atoms with Gasteiger partial charge in [0.25, 0.3) is 5.91 Å². The van der Waals surface area contributed by atoms with Crippen LogP contribution in [0.25, 0.3) is 0 Å². The molecule has 1 spiro atoms. The lowest BCUT2D eigenvalue weighted by Crippen LogP contribution is -2.46. The summed E-state index contributed by atoms with van der Waals surface area (Å²) in [4.78, 5) is 14.0. The van der Waals surface area contributed by atoms with Crippen LogP contribution in [0.2, 0.25) is 0 Å². The highest BCUT2D eigenvalue weighted by Crippen LogP contribution is 2.49. The summed E-state index contributed by atoms with van der Waals surface area (Å²) in [6, 6.07) is 7.79. The SMILES string of the molecule is CCS(=O)(=O)N1CCC2(CC1)O[C@H](C(=O)N(C)C)c1ccccc12. The van der Waals surface area contributed by atoms with E-state index in [1.807, 2.05) is 24.3 Å². The summed E-state index contributed by atoms with van der Waals surface area (Å²) in [6.07, 6.45) is 0.534. The highest BCUT2D eigenvalue weighted by molar-refractivity contribution is 7.89. The second-order valence-corrected chi connectivity index (χ2v) is 8.87. The van der Waals surface area contributed by atoms with Gasteiger partial charge in [0.05, 0.1) is 11.4 Å². The van der Waals surface area contributed by atoms with Crippen molar-refractivity contribution in [3.05, 3.63) is 35.4 Å². The predicted octanol–water partition coefficient (Wildman–Crippen LogP) is 1.49. The molecule has 2 heterocycles. The Kier molecular flexibility index (Phi) is 4.44. The molecule has 0 N–H and O–H groups in total. The summed E-state index contributed by atoms with van der Waals surface area (Å²) in [5, 5.41) is 0. The van der Waals surface area contributed by atoms with Gasteiger partial charge in [-0.15, -0.1) is 0 Å². The highest BCUT2D eigenvalue weighted by atomic mass is 32.2. The molecule has 2 aliphatic heterocycles. The number of sulfonamides is 1. The van der Waals surface area contributed by atoms with Gasteiger partial charge in [0.2, 0.25) is 10.0 Å². The summed E-state index contributed by atoms with van der Waals surface area (Å²) >= 11 is 0. The molecule has 0 saturated carbocycles. The molecule has 2 aliphatic rings. The Hall–Kier alpha value is -1.44. The van der Waals surface area contributed by atoms with Crippen molar-refractivity contribution >= 4 is 15.9 Å². The largest absolute Gasteiger partial charge is 0.352 e. The van der Waals surface area contributed by atoms with Crippen molar-refractivity contribution in [2.24, 2.45) is 0 Å². The number of fused-ring (bicyclic) bond motifs is 2. The molecule has 0 radical (unpaired) electrons. The van der Waals surface area contributed by atoms with E-state index in [9.17, 15) is 13.2 Å². The topological polar surface area (TPSA) is 66.9 Å². The molecule has 132 valence electrons. The van der Waals surface area contributed by atoms with Crippen molar-refractivity contribution in [1.82, 2.24) is 9.21 Å². The summed E-state index contributed by atoms with van der Waals surface area (Å²) < 4.78 is 32.0. The number of piperidine rings is 1. The molecule has 0 aromatic heterocycles. The first-order chi connectivity index (χ1) is 11.3. The minimum absolute atomic E-state index is 0.0806. The third kappa shape index (κ3) is 2.74. The molecule has 1 aromatic carbocycles. The monoisotopic (exact) mass is 352 g/mol. The number of nitrogens with zero attached hydrogens (tertiary/aromatic N) is 2. The van der Waals surface area contributed by atoms with Gasteiger partial charge < -0.3 is 9.64 Å². The smallest absolute Gasteiger partial charge is 0.255 e. The van der Waals surface area contributed by atoms with Crippen LogP contribution in [0, 0.1) is 0 Å². The van der Waals surface area contributed by atoms with Crippen molar-refractivity contribution in [3.8, 4) is 0 Å². The van der Waals surface area contributed by atoms with Crippen LogP contribution in [0.3, 0.4) is 0 Å². The van der Waals surface area contributed by atoms with Gasteiger partial charge in [-0.05, 0) is 30.9 Å². The maximum Gasteiger partial charge on any atom is 0.255 e. The van der Waals surface area contributed by atoms with E-state index in [0.29, 0.717) is 25.9 Å². The van der Waals surface area contributed by atoms with E-state index in [1.54, 1.807) is 21.0 Å². The number of likely N-dealkylation sites (N-methyl/N-ethyl adjacent to an activating group) is 1. The van der Waals surface area contributed by atoms with E-state index in [-0.39, 0.29) is 11.7 Å². The molecule has 3 rings (SSSR count). The van der Waals surface area contributed by atoms with Crippen molar-refractivity contribution in [2.45, 2.75) is 31.5 Å². The van der Waals surface area contributed by atoms with Crippen molar-refractivity contribution in [3.63, 3.8) is 0 Å². The number of hydrogen-bond acceptors (Lipinski definition) is 4. The minimum atomic E-state index is -3.19. The number of benzene rings is 1. The van der Waals surface area contributed by atoms with Crippen molar-refractivity contribution in [2.75, 3.05) is 32.9 Å². The van der Waals surface area contributed by atoms with Crippen LogP contribution in [0.1, 0.15) is 37.0 Å². The molecule has 1 aromatic rings. The van der Waals surface area contributed by atoms with E-state index in [2.05, 4.69) is 0 Å². The van der Waals surface area contributed by atoms with Gasteiger partial charge >= 0.3 is 0 Å².